The fourth-order valence-electron chi connectivity index (χ4n) is 3.08. The fraction of sp³-hybridized carbons (Fsp3) is 0.625. The summed E-state index contributed by atoms with van der Waals surface area (Å²) in [5.74, 6) is 2.00. The molecule has 2 unspecified atom stereocenters. The van der Waals surface area contributed by atoms with Crippen molar-refractivity contribution in [1.82, 2.24) is 5.32 Å². The first-order chi connectivity index (χ1) is 8.52. The largest absolute Gasteiger partial charge is 0.317 e. The van der Waals surface area contributed by atoms with E-state index in [2.05, 4.69) is 57.4 Å². The lowest BCUT2D eigenvalue weighted by Crippen LogP contribution is -2.29. The Morgan fingerprint density at radius 1 is 1.39 bits per heavy atom. The van der Waals surface area contributed by atoms with Crippen LogP contribution in [0.1, 0.15) is 45.1 Å². The van der Waals surface area contributed by atoms with Gasteiger partial charge in [0, 0.05) is 16.7 Å². The first kappa shape index (κ1) is 14.0. The Balaban J connectivity index is 2.02. The van der Waals surface area contributed by atoms with Crippen molar-refractivity contribution >= 4 is 11.8 Å². The van der Waals surface area contributed by atoms with E-state index in [1.54, 1.807) is 5.56 Å². The molecule has 0 spiro atoms. The predicted octanol–water partition coefficient (Wildman–Crippen LogP) is 4.29. The molecule has 1 aromatic rings. The van der Waals surface area contributed by atoms with Crippen molar-refractivity contribution in [2.24, 2.45) is 5.41 Å². The highest BCUT2D eigenvalue weighted by atomic mass is 32.2. The number of benzene rings is 1. The van der Waals surface area contributed by atoms with E-state index in [1.165, 1.54) is 23.5 Å². The van der Waals surface area contributed by atoms with Gasteiger partial charge in [-0.3, -0.25) is 0 Å². The zero-order valence-corrected chi connectivity index (χ0v) is 12.8. The summed E-state index contributed by atoms with van der Waals surface area (Å²) in [6, 6.07) is 9.52. The summed E-state index contributed by atoms with van der Waals surface area (Å²) >= 11 is 2.03. The molecule has 0 aliphatic carbocycles. The average Bonchev–Trinajstić information content (AvgIpc) is 2.71. The van der Waals surface area contributed by atoms with E-state index in [1.807, 2.05) is 11.8 Å². The van der Waals surface area contributed by atoms with Crippen molar-refractivity contribution < 1.29 is 0 Å². The summed E-state index contributed by atoms with van der Waals surface area (Å²) < 4.78 is 0. The standard InChI is InChI=1S/C16H25NS/c1-12(17-4)9-16(2,3)10-13-11-18-15-8-6-5-7-14(13)15/h5-8,12-13,17H,9-11H2,1-4H3. The third kappa shape index (κ3) is 3.30. The first-order valence-corrected chi connectivity index (χ1v) is 7.89. The molecule has 0 bridgehead atoms. The summed E-state index contributed by atoms with van der Waals surface area (Å²) in [6.07, 6.45) is 2.54. The van der Waals surface area contributed by atoms with Gasteiger partial charge in [0.15, 0.2) is 0 Å². The quantitative estimate of drug-likeness (QED) is 0.850. The number of thioether (sulfide) groups is 1. The van der Waals surface area contributed by atoms with Gasteiger partial charge in [-0.15, -0.1) is 11.8 Å². The van der Waals surface area contributed by atoms with Crippen LogP contribution in [0, 0.1) is 5.41 Å². The summed E-state index contributed by atoms with van der Waals surface area (Å²) in [5, 5.41) is 3.36. The Morgan fingerprint density at radius 2 is 2.11 bits per heavy atom. The zero-order chi connectivity index (χ0) is 13.2. The van der Waals surface area contributed by atoms with Crippen molar-refractivity contribution in [1.29, 1.82) is 0 Å². The van der Waals surface area contributed by atoms with E-state index in [4.69, 9.17) is 0 Å². The molecule has 1 N–H and O–H groups in total. The van der Waals surface area contributed by atoms with Crippen LogP contribution in [-0.2, 0) is 0 Å². The van der Waals surface area contributed by atoms with Crippen molar-refractivity contribution in [2.75, 3.05) is 12.8 Å². The number of nitrogens with one attached hydrogen (secondary N) is 1. The van der Waals surface area contributed by atoms with E-state index < -0.39 is 0 Å². The van der Waals surface area contributed by atoms with E-state index in [0.29, 0.717) is 11.5 Å². The van der Waals surface area contributed by atoms with Crippen LogP contribution in [0.15, 0.2) is 29.2 Å². The molecule has 1 heterocycles. The molecule has 0 saturated heterocycles. The topological polar surface area (TPSA) is 12.0 Å². The van der Waals surface area contributed by atoms with E-state index in [-0.39, 0.29) is 0 Å². The van der Waals surface area contributed by atoms with E-state index in [0.717, 1.165) is 5.92 Å². The molecule has 100 valence electrons. The monoisotopic (exact) mass is 263 g/mol. The zero-order valence-electron chi connectivity index (χ0n) is 12.0. The predicted molar refractivity (Wildman–Crippen MR) is 81.4 cm³/mol. The SMILES string of the molecule is CNC(C)CC(C)(C)CC1CSc2ccccc21. The fourth-order valence-corrected chi connectivity index (χ4v) is 4.33. The molecule has 0 amide bonds. The second-order valence-corrected chi connectivity index (χ2v) is 7.37. The van der Waals surface area contributed by atoms with Crippen LogP contribution in [0.5, 0.6) is 0 Å². The highest BCUT2D eigenvalue weighted by Gasteiger charge is 2.30. The molecule has 1 aliphatic heterocycles. The molecule has 2 atom stereocenters. The molecule has 2 rings (SSSR count). The minimum Gasteiger partial charge on any atom is -0.317 e. The van der Waals surface area contributed by atoms with Gasteiger partial charge in [-0.05, 0) is 49.8 Å². The summed E-state index contributed by atoms with van der Waals surface area (Å²) in [4.78, 5) is 1.50. The van der Waals surface area contributed by atoms with Gasteiger partial charge in [-0.1, -0.05) is 32.0 Å². The van der Waals surface area contributed by atoms with Gasteiger partial charge in [0.05, 0.1) is 0 Å². The van der Waals surface area contributed by atoms with Crippen LogP contribution in [0.4, 0.5) is 0 Å². The summed E-state index contributed by atoms with van der Waals surface area (Å²) in [7, 11) is 2.06. The Bertz CT molecular complexity index is 400. The third-order valence-corrected chi connectivity index (χ3v) is 5.20. The smallest absolute Gasteiger partial charge is 0.0107 e. The van der Waals surface area contributed by atoms with E-state index in [9.17, 15) is 0 Å². The van der Waals surface area contributed by atoms with Gasteiger partial charge in [-0.2, -0.15) is 0 Å². The van der Waals surface area contributed by atoms with Gasteiger partial charge in [0.2, 0.25) is 0 Å². The molecular formula is C16H25NS. The first-order valence-electron chi connectivity index (χ1n) is 6.91. The molecule has 1 aliphatic rings. The lowest BCUT2D eigenvalue weighted by molar-refractivity contribution is 0.259. The van der Waals surface area contributed by atoms with Crippen molar-refractivity contribution in [3.63, 3.8) is 0 Å². The molecule has 1 nitrogen and oxygen atoms in total. The number of hydrogen-bond donors (Lipinski definition) is 1. The van der Waals surface area contributed by atoms with Gasteiger partial charge < -0.3 is 5.32 Å². The van der Waals surface area contributed by atoms with Gasteiger partial charge in [-0.25, -0.2) is 0 Å². The van der Waals surface area contributed by atoms with Crippen molar-refractivity contribution in [2.45, 2.75) is 50.5 Å². The Kier molecular flexibility index (Phi) is 4.39. The third-order valence-electron chi connectivity index (χ3n) is 3.95. The number of rotatable bonds is 5. The van der Waals surface area contributed by atoms with Crippen molar-refractivity contribution in [3.05, 3.63) is 29.8 Å². The molecule has 0 saturated carbocycles. The minimum atomic E-state index is 0.408. The van der Waals surface area contributed by atoms with Crippen LogP contribution in [0.25, 0.3) is 0 Å². The molecular weight excluding hydrogens is 238 g/mol. The maximum Gasteiger partial charge on any atom is 0.0107 e. The summed E-state index contributed by atoms with van der Waals surface area (Å²) in [5.41, 5.74) is 1.98. The molecule has 1 aromatic carbocycles. The van der Waals surface area contributed by atoms with Crippen LogP contribution in [-0.4, -0.2) is 18.8 Å². The minimum absolute atomic E-state index is 0.408. The lowest BCUT2D eigenvalue weighted by atomic mass is 9.77. The highest BCUT2D eigenvalue weighted by Crippen LogP contribution is 2.45. The van der Waals surface area contributed by atoms with Crippen LogP contribution in [0.3, 0.4) is 0 Å². The second kappa shape index (κ2) is 5.66. The second-order valence-electron chi connectivity index (χ2n) is 6.31. The molecule has 2 heteroatoms. The van der Waals surface area contributed by atoms with Crippen LogP contribution in [0.2, 0.25) is 0 Å². The van der Waals surface area contributed by atoms with Crippen molar-refractivity contribution in [3.8, 4) is 0 Å². The number of fused-ring (bicyclic) bond motifs is 1. The van der Waals surface area contributed by atoms with Gasteiger partial charge in [0.25, 0.3) is 0 Å². The van der Waals surface area contributed by atoms with E-state index >= 15 is 0 Å². The van der Waals surface area contributed by atoms with Crippen LogP contribution < -0.4 is 5.32 Å². The Hall–Kier alpha value is -0.470. The Labute approximate surface area is 116 Å². The molecule has 18 heavy (non-hydrogen) atoms. The maximum atomic E-state index is 3.36. The Morgan fingerprint density at radius 3 is 2.83 bits per heavy atom. The van der Waals surface area contributed by atoms with Crippen LogP contribution >= 0.6 is 11.8 Å². The normalized spacial score (nSPS) is 20.8. The molecule has 0 radical (unpaired) electrons. The highest BCUT2D eigenvalue weighted by molar-refractivity contribution is 7.99. The molecule has 0 fully saturated rings. The lowest BCUT2D eigenvalue weighted by Gasteiger charge is -2.30. The number of hydrogen-bond acceptors (Lipinski definition) is 2. The van der Waals surface area contributed by atoms with Gasteiger partial charge >= 0.3 is 0 Å². The molecule has 0 aromatic heterocycles. The average molecular weight is 263 g/mol. The summed E-state index contributed by atoms with van der Waals surface area (Å²) in [6.45, 7) is 7.10. The maximum absolute atomic E-state index is 3.36. The van der Waals surface area contributed by atoms with Gasteiger partial charge in [0.1, 0.15) is 0 Å².